The molecule has 0 saturated carbocycles. The average Bonchev–Trinajstić information content (AvgIpc) is 3.29. The molecule has 0 saturated heterocycles. The largest absolute Gasteiger partial charge is 0.402 e. The van der Waals surface area contributed by atoms with Gasteiger partial charge >= 0.3 is 0 Å². The van der Waals surface area contributed by atoms with Crippen LogP contribution in [0.15, 0.2) is 42.0 Å². The molecule has 0 aromatic carbocycles. The van der Waals surface area contributed by atoms with Gasteiger partial charge in [0.25, 0.3) is 5.91 Å². The quantitative estimate of drug-likeness (QED) is 0.655. The monoisotopic (exact) mass is 366 g/mol. The summed E-state index contributed by atoms with van der Waals surface area (Å²) in [7, 11) is 1.83. The molecule has 131 valence electrons. The second-order valence-electron chi connectivity index (χ2n) is 5.54. The molecule has 2 amide bonds. The molecular weight excluding hydrogens is 349 g/mol. The predicted molar refractivity (Wildman–Crippen MR) is 102 cm³/mol. The summed E-state index contributed by atoms with van der Waals surface area (Å²) in [6, 6.07) is 7.38. The summed E-state index contributed by atoms with van der Waals surface area (Å²) in [4.78, 5) is 32.8. The van der Waals surface area contributed by atoms with Gasteiger partial charge in [-0.3, -0.25) is 14.6 Å². The van der Waals surface area contributed by atoms with E-state index in [1.54, 1.807) is 22.9 Å². The van der Waals surface area contributed by atoms with E-state index in [0.717, 1.165) is 11.4 Å². The van der Waals surface area contributed by atoms with Crippen molar-refractivity contribution in [3.05, 3.63) is 53.3 Å². The topological polar surface area (TPSA) is 88.9 Å². The molecule has 0 aliphatic heterocycles. The summed E-state index contributed by atoms with van der Waals surface area (Å²) in [5.41, 5.74) is 2.86. The van der Waals surface area contributed by atoms with Crippen LogP contribution in [0.4, 0.5) is 5.13 Å². The number of anilines is 1. The van der Waals surface area contributed by atoms with E-state index in [1.165, 1.54) is 11.3 Å². The van der Waals surface area contributed by atoms with Crippen LogP contribution in [0.1, 0.15) is 16.1 Å². The van der Waals surface area contributed by atoms with E-state index in [1.807, 2.05) is 44.7 Å². The molecule has 0 atom stereocenters. The molecule has 3 aromatic rings. The fourth-order valence-electron chi connectivity index (χ4n) is 2.27. The van der Waals surface area contributed by atoms with Crippen LogP contribution in [0.3, 0.4) is 0 Å². The second-order valence-corrected chi connectivity index (χ2v) is 6.40. The number of hydrogen-bond acceptors (Lipinski definition) is 5. The van der Waals surface area contributed by atoms with Crippen molar-refractivity contribution in [3.63, 3.8) is 0 Å². The Morgan fingerprint density at radius 3 is 2.81 bits per heavy atom. The first-order chi connectivity index (χ1) is 12.5. The van der Waals surface area contributed by atoms with Gasteiger partial charge in [-0.1, -0.05) is 12.9 Å². The van der Waals surface area contributed by atoms with Gasteiger partial charge < -0.3 is 15.1 Å². The Labute approximate surface area is 155 Å². The van der Waals surface area contributed by atoms with Crippen LogP contribution < -0.4 is 10.6 Å². The lowest BCUT2D eigenvalue weighted by atomic mass is 10.0. The van der Waals surface area contributed by atoms with Crippen LogP contribution in [-0.2, 0) is 4.79 Å². The summed E-state index contributed by atoms with van der Waals surface area (Å²) < 4.78 is 1.77. The second kappa shape index (κ2) is 7.96. The minimum atomic E-state index is -0.335. The van der Waals surface area contributed by atoms with E-state index in [4.69, 9.17) is 0 Å². The molecule has 7 nitrogen and oxygen atoms in total. The first-order valence-corrected chi connectivity index (χ1v) is 8.87. The molecule has 2 N–H and O–H groups in total. The lowest BCUT2D eigenvalue weighted by molar-refractivity contribution is -0.115. The first kappa shape index (κ1) is 17.9. The van der Waals surface area contributed by atoms with Crippen LogP contribution in [0.2, 0.25) is 6.82 Å². The van der Waals surface area contributed by atoms with Gasteiger partial charge in [0.2, 0.25) is 13.3 Å². The molecule has 26 heavy (non-hydrogen) atoms. The number of nitrogens with zero attached hydrogens (tertiary/aromatic N) is 3. The van der Waals surface area contributed by atoms with Crippen molar-refractivity contribution in [3.8, 4) is 11.4 Å². The molecule has 3 heterocycles. The van der Waals surface area contributed by atoms with Gasteiger partial charge in [-0.25, -0.2) is 4.98 Å². The number of hydrogen-bond donors (Lipinski definition) is 2. The van der Waals surface area contributed by atoms with Crippen molar-refractivity contribution >= 4 is 35.7 Å². The fraction of sp³-hybridized carbons (Fsp3) is 0.176. The highest BCUT2D eigenvalue weighted by Crippen LogP contribution is 2.23. The maximum atomic E-state index is 12.0. The molecule has 0 spiro atoms. The minimum absolute atomic E-state index is 0.128. The van der Waals surface area contributed by atoms with Crippen LogP contribution >= 0.6 is 11.3 Å². The molecule has 0 aliphatic rings. The highest BCUT2D eigenvalue weighted by atomic mass is 32.1. The number of carbonyl (C=O) groups is 2. The summed E-state index contributed by atoms with van der Waals surface area (Å²) in [5.74, 6) is -0.637. The molecule has 0 bridgehead atoms. The van der Waals surface area contributed by atoms with E-state index in [9.17, 15) is 9.59 Å². The maximum absolute atomic E-state index is 12.0. The van der Waals surface area contributed by atoms with E-state index in [0.29, 0.717) is 16.4 Å². The summed E-state index contributed by atoms with van der Waals surface area (Å²) in [5, 5.41) is 7.57. The van der Waals surface area contributed by atoms with E-state index < -0.39 is 0 Å². The minimum Gasteiger partial charge on any atom is -0.402 e. The van der Waals surface area contributed by atoms with Gasteiger partial charge in [0.05, 0.1) is 17.8 Å². The van der Waals surface area contributed by atoms with Crippen LogP contribution in [0, 0.1) is 6.92 Å². The van der Waals surface area contributed by atoms with E-state index >= 15 is 0 Å². The molecule has 0 fully saturated rings. The number of carbonyl (C=O) groups excluding carboxylic acids is 2. The number of rotatable bonds is 6. The Bertz CT molecular complexity index is 937. The van der Waals surface area contributed by atoms with Crippen molar-refractivity contribution in [2.24, 2.45) is 0 Å². The van der Waals surface area contributed by atoms with Crippen molar-refractivity contribution < 1.29 is 9.59 Å². The zero-order chi connectivity index (χ0) is 18.5. The zero-order valence-electron chi connectivity index (χ0n) is 14.4. The van der Waals surface area contributed by atoms with Crippen molar-refractivity contribution in [1.82, 2.24) is 19.8 Å². The smallest absolute Gasteiger partial charge is 0.253 e. The van der Waals surface area contributed by atoms with Gasteiger partial charge in [0.15, 0.2) is 5.13 Å². The lowest BCUT2D eigenvalue weighted by Crippen LogP contribution is -2.32. The third-order valence-corrected chi connectivity index (χ3v) is 4.34. The number of nitrogens with one attached hydrogen (secondary N) is 2. The Hall–Kier alpha value is -2.94. The molecule has 0 aliphatic carbocycles. The fourth-order valence-corrected chi connectivity index (χ4v) is 2.99. The molecule has 1 radical (unpaired) electrons. The van der Waals surface area contributed by atoms with Gasteiger partial charge in [0, 0.05) is 17.3 Å². The highest BCUT2D eigenvalue weighted by molar-refractivity contribution is 7.14. The number of amides is 2. The van der Waals surface area contributed by atoms with Crippen LogP contribution in [0.25, 0.3) is 11.4 Å². The third kappa shape index (κ3) is 4.37. The molecule has 9 heteroatoms. The molecule has 3 rings (SSSR count). The standard InChI is InChI=1S/C17H17BN5O2S/c1-11-4-3-5-13(20-11)14-10-26-17(21-14)22-15(24)8-19-16(25)12-6-7-23(9-12)18-2/h3-7,9-10H,8H2,1-2H3,(H,19,25)(H,21,22,24). The predicted octanol–water partition coefficient (Wildman–Crippen LogP) is 2.20. The number of aromatic nitrogens is 3. The summed E-state index contributed by atoms with van der Waals surface area (Å²) >= 11 is 1.31. The Morgan fingerprint density at radius 1 is 1.23 bits per heavy atom. The third-order valence-electron chi connectivity index (χ3n) is 3.59. The Balaban J connectivity index is 1.54. The van der Waals surface area contributed by atoms with Gasteiger partial charge in [-0.15, -0.1) is 11.3 Å². The summed E-state index contributed by atoms with van der Waals surface area (Å²) in [6.45, 7) is 3.65. The van der Waals surface area contributed by atoms with Crippen molar-refractivity contribution in [2.75, 3.05) is 11.9 Å². The van der Waals surface area contributed by atoms with Gasteiger partial charge in [-0.05, 0) is 31.3 Å². The SMILES string of the molecule is C[B]n1ccc(C(=O)NCC(=O)Nc2nc(-c3cccc(C)n3)cs2)c1. The van der Waals surface area contributed by atoms with Gasteiger partial charge in [0.1, 0.15) is 5.69 Å². The van der Waals surface area contributed by atoms with Crippen LogP contribution in [0.5, 0.6) is 0 Å². The highest BCUT2D eigenvalue weighted by Gasteiger charge is 2.12. The number of pyridine rings is 1. The van der Waals surface area contributed by atoms with E-state index in [2.05, 4.69) is 20.6 Å². The number of thiazole rings is 1. The van der Waals surface area contributed by atoms with E-state index in [-0.39, 0.29) is 18.4 Å². The van der Waals surface area contributed by atoms with Crippen molar-refractivity contribution in [2.45, 2.75) is 13.7 Å². The first-order valence-electron chi connectivity index (χ1n) is 7.99. The Kier molecular flexibility index (Phi) is 5.47. The maximum Gasteiger partial charge on any atom is 0.253 e. The normalized spacial score (nSPS) is 10.4. The molecule has 3 aromatic heterocycles. The number of aryl methyl sites for hydroxylation is 1. The lowest BCUT2D eigenvalue weighted by Gasteiger charge is -2.04. The van der Waals surface area contributed by atoms with Crippen LogP contribution in [-0.4, -0.2) is 40.2 Å². The average molecular weight is 366 g/mol. The Morgan fingerprint density at radius 2 is 2.08 bits per heavy atom. The molecular formula is C17H17BN5O2S. The zero-order valence-corrected chi connectivity index (χ0v) is 15.2. The van der Waals surface area contributed by atoms with Crippen molar-refractivity contribution in [1.29, 1.82) is 0 Å². The summed E-state index contributed by atoms with van der Waals surface area (Å²) in [6.07, 6.45) is 3.46. The van der Waals surface area contributed by atoms with Gasteiger partial charge in [-0.2, -0.15) is 0 Å². The molecule has 0 unspecified atom stereocenters.